The molecule has 1 aromatic rings. The Morgan fingerprint density at radius 3 is 2.21 bits per heavy atom. The molecule has 0 unspecified atom stereocenters. The van der Waals surface area contributed by atoms with Crippen molar-refractivity contribution in [3.63, 3.8) is 0 Å². The van der Waals surface area contributed by atoms with Gasteiger partial charge in [-0.1, -0.05) is 19.9 Å². The van der Waals surface area contributed by atoms with E-state index in [0.717, 1.165) is 16.9 Å². The van der Waals surface area contributed by atoms with Gasteiger partial charge >= 0.3 is 12.2 Å². The lowest BCUT2D eigenvalue weighted by atomic mass is 9.81. The maximum absolute atomic E-state index is 13.3. The molecule has 0 saturated carbocycles. The van der Waals surface area contributed by atoms with E-state index in [4.69, 9.17) is 28.4 Å². The van der Waals surface area contributed by atoms with Crippen LogP contribution in [0.25, 0.3) is 0 Å². The van der Waals surface area contributed by atoms with Crippen LogP contribution in [0.2, 0.25) is 0 Å². The van der Waals surface area contributed by atoms with Crippen LogP contribution in [-0.4, -0.2) is 73.8 Å². The van der Waals surface area contributed by atoms with Gasteiger partial charge in [0, 0.05) is 26.6 Å². The van der Waals surface area contributed by atoms with E-state index in [1.165, 1.54) is 0 Å². The third-order valence-corrected chi connectivity index (χ3v) is 6.86. The van der Waals surface area contributed by atoms with Crippen LogP contribution in [0.1, 0.15) is 86.6 Å². The second-order valence-electron chi connectivity index (χ2n) is 13.1. The van der Waals surface area contributed by atoms with Crippen molar-refractivity contribution in [1.82, 2.24) is 4.90 Å². The fraction of sp³-hybridized carbons (Fsp3) is 0.719. The van der Waals surface area contributed by atoms with E-state index in [-0.39, 0.29) is 30.6 Å². The van der Waals surface area contributed by atoms with Gasteiger partial charge in [0.2, 0.25) is 5.91 Å². The molecule has 1 fully saturated rings. The number of amides is 2. The first-order valence-electron chi connectivity index (χ1n) is 14.8. The molecule has 0 aliphatic carbocycles. The zero-order valence-electron chi connectivity index (χ0n) is 27.1. The predicted octanol–water partition coefficient (Wildman–Crippen LogP) is 6.56. The van der Waals surface area contributed by atoms with Gasteiger partial charge in [0.15, 0.2) is 11.5 Å². The maximum Gasteiger partial charge on any atom is 0.509 e. The minimum absolute atomic E-state index is 0.0188. The molecule has 1 aliphatic rings. The van der Waals surface area contributed by atoms with Crippen LogP contribution in [0, 0.1) is 11.8 Å². The molecule has 0 spiro atoms. The maximum atomic E-state index is 13.3. The van der Waals surface area contributed by atoms with Crippen LogP contribution in [0.15, 0.2) is 18.2 Å². The van der Waals surface area contributed by atoms with E-state index in [0.29, 0.717) is 37.6 Å². The highest BCUT2D eigenvalue weighted by Gasteiger charge is 2.45. The summed E-state index contributed by atoms with van der Waals surface area (Å²) >= 11 is 0. The molecule has 2 rings (SSSR count). The highest BCUT2D eigenvalue weighted by molar-refractivity contribution is 5.93. The molecule has 1 aliphatic heterocycles. The minimum Gasteiger partial charge on any atom is -0.493 e. The minimum atomic E-state index is -0.831. The Morgan fingerprint density at radius 1 is 0.976 bits per heavy atom. The molecule has 1 heterocycles. The highest BCUT2D eigenvalue weighted by atomic mass is 16.7. The Kier molecular flexibility index (Phi) is 13.0. The van der Waals surface area contributed by atoms with Crippen LogP contribution >= 0.6 is 0 Å². The van der Waals surface area contributed by atoms with Crippen LogP contribution in [0.4, 0.5) is 9.59 Å². The molecule has 238 valence electrons. The third kappa shape index (κ3) is 11.3. The summed E-state index contributed by atoms with van der Waals surface area (Å²) in [6.07, 6.45) is -0.174. The standard InChI is InChI=1S/C32H51NO9/c1-21(2)23(18-22-12-13-26(38-10)27(19-22)39-17-11-16-37-9)20-24-25(40-30(36)42-32(6,7)8)14-15-28(34)33(24)29(35)41-31(3,4)5/h12-13,19,21,23-25H,11,14-18,20H2,1-10H3/t23-,24+,25+/m1/s1. The summed E-state index contributed by atoms with van der Waals surface area (Å²) in [5, 5.41) is 0. The van der Waals surface area contributed by atoms with Crippen molar-refractivity contribution < 1.29 is 42.8 Å². The molecule has 42 heavy (non-hydrogen) atoms. The number of piperidine rings is 1. The number of benzene rings is 1. The summed E-state index contributed by atoms with van der Waals surface area (Å²) in [7, 11) is 3.25. The zero-order valence-corrected chi connectivity index (χ0v) is 27.1. The van der Waals surface area contributed by atoms with Gasteiger partial charge in [-0.05, 0) is 90.3 Å². The van der Waals surface area contributed by atoms with Gasteiger partial charge < -0.3 is 28.4 Å². The van der Waals surface area contributed by atoms with Crippen molar-refractivity contribution in [2.45, 2.75) is 111 Å². The predicted molar refractivity (Wildman–Crippen MR) is 159 cm³/mol. The first-order valence-corrected chi connectivity index (χ1v) is 14.8. The quantitative estimate of drug-likeness (QED) is 0.196. The fourth-order valence-electron chi connectivity index (χ4n) is 4.82. The molecule has 2 amide bonds. The molecule has 0 radical (unpaired) electrons. The molecule has 0 aromatic heterocycles. The number of nitrogens with zero attached hydrogens (tertiary/aromatic N) is 1. The van der Waals surface area contributed by atoms with E-state index in [9.17, 15) is 14.4 Å². The number of hydrogen-bond donors (Lipinski definition) is 0. The van der Waals surface area contributed by atoms with Crippen LogP contribution in [0.5, 0.6) is 11.5 Å². The first-order chi connectivity index (χ1) is 19.5. The number of likely N-dealkylation sites (tertiary alicyclic amines) is 1. The number of hydrogen-bond acceptors (Lipinski definition) is 9. The molecule has 1 aromatic carbocycles. The van der Waals surface area contributed by atoms with E-state index in [2.05, 4.69) is 13.8 Å². The number of rotatable bonds is 12. The fourth-order valence-corrected chi connectivity index (χ4v) is 4.82. The number of ether oxygens (including phenoxy) is 6. The van der Waals surface area contributed by atoms with Crippen LogP contribution < -0.4 is 9.47 Å². The number of carbonyl (C=O) groups excluding carboxylic acids is 3. The summed E-state index contributed by atoms with van der Waals surface area (Å²) in [5.41, 5.74) is -0.534. The van der Waals surface area contributed by atoms with Gasteiger partial charge in [0.05, 0.1) is 19.8 Å². The normalized spacial score (nSPS) is 18.5. The average Bonchev–Trinajstić information content (AvgIpc) is 2.85. The van der Waals surface area contributed by atoms with Gasteiger partial charge in [0.1, 0.15) is 17.3 Å². The van der Waals surface area contributed by atoms with Gasteiger partial charge in [-0.3, -0.25) is 4.79 Å². The van der Waals surface area contributed by atoms with Gasteiger partial charge in [-0.15, -0.1) is 0 Å². The molecule has 0 N–H and O–H groups in total. The Bertz CT molecular complexity index is 1040. The lowest BCUT2D eigenvalue weighted by Crippen LogP contribution is -2.57. The molecule has 10 nitrogen and oxygen atoms in total. The third-order valence-electron chi connectivity index (χ3n) is 6.86. The first kappa shape index (κ1) is 35.2. The molecule has 10 heteroatoms. The lowest BCUT2D eigenvalue weighted by molar-refractivity contribution is -0.143. The van der Waals surface area contributed by atoms with E-state index in [1.807, 2.05) is 18.2 Å². The Morgan fingerprint density at radius 2 is 1.64 bits per heavy atom. The monoisotopic (exact) mass is 593 g/mol. The van der Waals surface area contributed by atoms with E-state index >= 15 is 0 Å². The Labute approximate surface area is 251 Å². The van der Waals surface area contributed by atoms with Crippen molar-refractivity contribution in [3.05, 3.63) is 23.8 Å². The van der Waals surface area contributed by atoms with Gasteiger partial charge in [0.25, 0.3) is 0 Å². The van der Waals surface area contributed by atoms with Crippen LogP contribution in [-0.2, 0) is 30.2 Å². The van der Waals surface area contributed by atoms with Crippen molar-refractivity contribution in [2.24, 2.45) is 11.8 Å². The summed E-state index contributed by atoms with van der Waals surface area (Å²) in [4.78, 5) is 40.4. The zero-order chi connectivity index (χ0) is 31.7. The molecule has 3 atom stereocenters. The number of methoxy groups -OCH3 is 2. The van der Waals surface area contributed by atoms with Crippen molar-refractivity contribution >= 4 is 18.2 Å². The van der Waals surface area contributed by atoms with Gasteiger partial charge in [-0.2, -0.15) is 0 Å². The largest absolute Gasteiger partial charge is 0.509 e. The lowest BCUT2D eigenvalue weighted by Gasteiger charge is -2.41. The summed E-state index contributed by atoms with van der Waals surface area (Å²) in [6.45, 7) is 15.8. The van der Waals surface area contributed by atoms with E-state index < -0.39 is 35.6 Å². The Balaban J connectivity index is 2.38. The SMILES string of the molecule is COCCCOc1cc(C[C@H](C[C@H]2[C@@H](OC(=O)OC(C)(C)C)CCC(=O)N2C(=O)OC(C)(C)C)C(C)C)ccc1OC. The topological polar surface area (TPSA) is 110 Å². The van der Waals surface area contributed by atoms with Gasteiger partial charge in [-0.25, -0.2) is 14.5 Å². The van der Waals surface area contributed by atoms with Crippen molar-refractivity contribution in [3.8, 4) is 11.5 Å². The summed E-state index contributed by atoms with van der Waals surface area (Å²) < 4.78 is 33.4. The highest BCUT2D eigenvalue weighted by Crippen LogP contribution is 2.35. The summed E-state index contributed by atoms with van der Waals surface area (Å²) in [6, 6.07) is 5.11. The van der Waals surface area contributed by atoms with Crippen LogP contribution in [0.3, 0.4) is 0 Å². The molecule has 1 saturated heterocycles. The second kappa shape index (κ2) is 15.5. The number of imide groups is 1. The van der Waals surface area contributed by atoms with Crippen molar-refractivity contribution in [2.75, 3.05) is 27.4 Å². The molecule has 0 bridgehead atoms. The molecular formula is C32H51NO9. The second-order valence-corrected chi connectivity index (χ2v) is 13.1. The van der Waals surface area contributed by atoms with E-state index in [1.54, 1.807) is 55.8 Å². The smallest absolute Gasteiger partial charge is 0.493 e. The summed E-state index contributed by atoms with van der Waals surface area (Å²) in [5.74, 6) is 1.13. The Hall–Kier alpha value is -3.01. The van der Waals surface area contributed by atoms with Crippen molar-refractivity contribution in [1.29, 1.82) is 0 Å². The number of carbonyl (C=O) groups is 3. The molecular weight excluding hydrogens is 542 g/mol. The average molecular weight is 594 g/mol.